The molecule has 0 atom stereocenters. The molecular formula is C20H20N2O4S. The number of carbonyl (C=O) groups is 2. The van der Waals surface area contributed by atoms with Crippen molar-refractivity contribution in [3.8, 4) is 5.75 Å². The summed E-state index contributed by atoms with van der Waals surface area (Å²) in [5, 5.41) is 3.12. The highest BCUT2D eigenvalue weighted by Crippen LogP contribution is 2.26. The zero-order valence-electron chi connectivity index (χ0n) is 15.4. The summed E-state index contributed by atoms with van der Waals surface area (Å²) >= 11 is 1.38. The number of anilines is 1. The van der Waals surface area contributed by atoms with Gasteiger partial charge in [-0.15, -0.1) is 0 Å². The fraction of sp³-hybridized carbons (Fsp3) is 0.250. The minimum atomic E-state index is -0.606. The maximum Gasteiger partial charge on any atom is 0.344 e. The van der Waals surface area contributed by atoms with Gasteiger partial charge in [0.2, 0.25) is 0 Å². The number of amides is 1. The summed E-state index contributed by atoms with van der Waals surface area (Å²) < 4.78 is 11.4. The third-order valence-electron chi connectivity index (χ3n) is 3.84. The van der Waals surface area contributed by atoms with Crippen LogP contribution in [0.15, 0.2) is 36.4 Å². The van der Waals surface area contributed by atoms with E-state index < -0.39 is 11.9 Å². The van der Waals surface area contributed by atoms with Crippen LogP contribution >= 0.6 is 11.3 Å². The molecule has 1 N–H and O–H groups in total. The largest absolute Gasteiger partial charge is 0.482 e. The molecule has 1 heterocycles. The van der Waals surface area contributed by atoms with Crippen LogP contribution in [-0.4, -0.2) is 30.1 Å². The summed E-state index contributed by atoms with van der Waals surface area (Å²) in [7, 11) is 0. The predicted octanol–water partition coefficient (Wildman–Crippen LogP) is 3.78. The molecule has 3 rings (SSSR count). The van der Waals surface area contributed by atoms with Gasteiger partial charge in [0.1, 0.15) is 5.75 Å². The van der Waals surface area contributed by atoms with Crippen LogP contribution in [0.3, 0.4) is 0 Å². The molecule has 0 saturated heterocycles. The van der Waals surface area contributed by atoms with Gasteiger partial charge in [-0.2, -0.15) is 0 Å². The Balaban J connectivity index is 1.47. The number of hydrogen-bond donors (Lipinski definition) is 1. The summed E-state index contributed by atoms with van der Waals surface area (Å²) in [6.07, 6.45) is 0. The molecule has 7 heteroatoms. The average molecular weight is 384 g/mol. The van der Waals surface area contributed by atoms with E-state index in [4.69, 9.17) is 9.47 Å². The van der Waals surface area contributed by atoms with Crippen molar-refractivity contribution in [1.82, 2.24) is 4.98 Å². The molecule has 0 radical (unpaired) electrons. The van der Waals surface area contributed by atoms with Gasteiger partial charge < -0.3 is 9.47 Å². The zero-order chi connectivity index (χ0) is 19.4. The summed E-state index contributed by atoms with van der Waals surface area (Å²) in [5.74, 6) is -0.419. The molecule has 1 amide bonds. The zero-order valence-corrected chi connectivity index (χ0v) is 16.2. The molecular weight excluding hydrogens is 364 g/mol. The topological polar surface area (TPSA) is 77.5 Å². The monoisotopic (exact) mass is 384 g/mol. The van der Waals surface area contributed by atoms with Crippen molar-refractivity contribution in [1.29, 1.82) is 0 Å². The number of hydrogen-bond acceptors (Lipinski definition) is 6. The van der Waals surface area contributed by atoms with E-state index in [9.17, 15) is 9.59 Å². The molecule has 0 aliphatic carbocycles. The Bertz CT molecular complexity index is 997. The number of benzene rings is 2. The second-order valence-corrected chi connectivity index (χ2v) is 7.29. The van der Waals surface area contributed by atoms with E-state index in [1.54, 1.807) is 0 Å². The Labute approximate surface area is 161 Å². The summed E-state index contributed by atoms with van der Waals surface area (Å²) in [5.41, 5.74) is 3.91. The molecule has 0 spiro atoms. The lowest BCUT2D eigenvalue weighted by Crippen LogP contribution is -2.23. The van der Waals surface area contributed by atoms with Gasteiger partial charge in [-0.3, -0.25) is 10.1 Å². The minimum absolute atomic E-state index is 0.252. The maximum absolute atomic E-state index is 12.0. The SMILES string of the molecule is Cc1ccc(C)c(OCC(=O)OCC(=O)Nc2nc3ccc(C)cc3s2)c1. The van der Waals surface area contributed by atoms with E-state index in [1.807, 2.05) is 57.2 Å². The Morgan fingerprint density at radius 3 is 2.59 bits per heavy atom. The number of aryl methyl sites for hydroxylation is 3. The van der Waals surface area contributed by atoms with E-state index in [0.717, 1.165) is 26.9 Å². The highest BCUT2D eigenvalue weighted by Gasteiger charge is 2.12. The summed E-state index contributed by atoms with van der Waals surface area (Å²) in [6, 6.07) is 11.6. The van der Waals surface area contributed by atoms with Gasteiger partial charge in [-0.05, 0) is 55.7 Å². The quantitative estimate of drug-likeness (QED) is 0.655. The standard InChI is InChI=1S/C20H20N2O4S/c1-12-4-6-14(3)16(8-12)25-11-19(24)26-10-18(23)22-20-21-15-7-5-13(2)9-17(15)27-20/h4-9H,10-11H2,1-3H3,(H,21,22,23). The molecule has 3 aromatic rings. The average Bonchev–Trinajstić information content (AvgIpc) is 3.01. The summed E-state index contributed by atoms with van der Waals surface area (Å²) in [6.45, 7) is 5.20. The summed E-state index contributed by atoms with van der Waals surface area (Å²) in [4.78, 5) is 28.1. The van der Waals surface area contributed by atoms with E-state index in [0.29, 0.717) is 10.9 Å². The molecule has 6 nitrogen and oxygen atoms in total. The van der Waals surface area contributed by atoms with Crippen LogP contribution in [-0.2, 0) is 14.3 Å². The molecule has 1 aromatic heterocycles. The maximum atomic E-state index is 12.0. The highest BCUT2D eigenvalue weighted by atomic mass is 32.1. The highest BCUT2D eigenvalue weighted by molar-refractivity contribution is 7.22. The molecule has 0 aliphatic rings. The lowest BCUT2D eigenvalue weighted by molar-refractivity contribution is -0.149. The van der Waals surface area contributed by atoms with Crippen molar-refractivity contribution in [3.63, 3.8) is 0 Å². The molecule has 27 heavy (non-hydrogen) atoms. The smallest absolute Gasteiger partial charge is 0.344 e. The van der Waals surface area contributed by atoms with Crippen molar-refractivity contribution >= 4 is 38.6 Å². The lowest BCUT2D eigenvalue weighted by atomic mass is 10.1. The lowest BCUT2D eigenvalue weighted by Gasteiger charge is -2.09. The molecule has 0 aliphatic heterocycles. The Kier molecular flexibility index (Phi) is 5.71. The second kappa shape index (κ2) is 8.18. The van der Waals surface area contributed by atoms with Crippen LogP contribution < -0.4 is 10.1 Å². The number of fused-ring (bicyclic) bond motifs is 1. The third-order valence-corrected chi connectivity index (χ3v) is 4.78. The van der Waals surface area contributed by atoms with Crippen LogP contribution in [0.2, 0.25) is 0 Å². The van der Waals surface area contributed by atoms with E-state index in [-0.39, 0.29) is 13.2 Å². The van der Waals surface area contributed by atoms with Gasteiger partial charge in [-0.1, -0.05) is 29.5 Å². The van der Waals surface area contributed by atoms with Crippen molar-refractivity contribution in [2.75, 3.05) is 18.5 Å². The first-order chi connectivity index (χ1) is 12.9. The van der Waals surface area contributed by atoms with Gasteiger partial charge in [0, 0.05) is 0 Å². The Hall–Kier alpha value is -2.93. The fourth-order valence-corrected chi connectivity index (χ4v) is 3.41. The van der Waals surface area contributed by atoms with Crippen molar-refractivity contribution in [2.24, 2.45) is 0 Å². The molecule has 0 unspecified atom stereocenters. The van der Waals surface area contributed by atoms with Crippen LogP contribution in [0.25, 0.3) is 10.2 Å². The number of thiazole rings is 1. The normalized spacial score (nSPS) is 10.6. The third kappa shape index (κ3) is 5.04. The number of aromatic nitrogens is 1. The van der Waals surface area contributed by atoms with Crippen LogP contribution in [0.5, 0.6) is 5.75 Å². The molecule has 2 aromatic carbocycles. The predicted molar refractivity (Wildman–Crippen MR) is 105 cm³/mol. The number of esters is 1. The van der Waals surface area contributed by atoms with E-state index >= 15 is 0 Å². The van der Waals surface area contributed by atoms with Crippen molar-refractivity contribution in [3.05, 3.63) is 53.1 Å². The Morgan fingerprint density at radius 2 is 1.78 bits per heavy atom. The molecule has 0 bridgehead atoms. The number of nitrogens with one attached hydrogen (secondary N) is 1. The van der Waals surface area contributed by atoms with Crippen LogP contribution in [0, 0.1) is 20.8 Å². The molecule has 0 saturated carbocycles. The second-order valence-electron chi connectivity index (χ2n) is 6.26. The van der Waals surface area contributed by atoms with Gasteiger partial charge in [0.05, 0.1) is 10.2 Å². The number of ether oxygens (including phenoxy) is 2. The van der Waals surface area contributed by atoms with E-state index in [2.05, 4.69) is 10.3 Å². The van der Waals surface area contributed by atoms with Gasteiger partial charge >= 0.3 is 5.97 Å². The first-order valence-electron chi connectivity index (χ1n) is 8.43. The van der Waals surface area contributed by atoms with Gasteiger partial charge in [-0.25, -0.2) is 9.78 Å². The minimum Gasteiger partial charge on any atom is -0.482 e. The van der Waals surface area contributed by atoms with Crippen LogP contribution in [0.4, 0.5) is 5.13 Å². The number of rotatable bonds is 6. The first kappa shape index (κ1) is 18.8. The van der Waals surface area contributed by atoms with Crippen molar-refractivity contribution < 1.29 is 19.1 Å². The van der Waals surface area contributed by atoms with Crippen LogP contribution in [0.1, 0.15) is 16.7 Å². The molecule has 0 fully saturated rings. The van der Waals surface area contributed by atoms with Crippen molar-refractivity contribution in [2.45, 2.75) is 20.8 Å². The first-order valence-corrected chi connectivity index (χ1v) is 9.25. The number of nitrogens with zero attached hydrogens (tertiary/aromatic N) is 1. The fourth-order valence-electron chi connectivity index (χ4n) is 2.43. The van der Waals surface area contributed by atoms with Gasteiger partial charge in [0.25, 0.3) is 5.91 Å². The number of carbonyl (C=O) groups excluding carboxylic acids is 2. The van der Waals surface area contributed by atoms with E-state index in [1.165, 1.54) is 11.3 Å². The Morgan fingerprint density at radius 1 is 1.04 bits per heavy atom. The van der Waals surface area contributed by atoms with Gasteiger partial charge in [0.15, 0.2) is 18.3 Å². The molecule has 140 valence electrons.